The third-order valence-electron chi connectivity index (χ3n) is 9.73. The highest BCUT2D eigenvalue weighted by molar-refractivity contribution is 7.89. The predicted octanol–water partition coefficient (Wildman–Crippen LogP) is 4.37. The molecule has 0 spiro atoms. The van der Waals surface area contributed by atoms with E-state index < -0.39 is 39.0 Å². The summed E-state index contributed by atoms with van der Waals surface area (Å²) in [5, 5.41) is 44.5. The number of oxime groups is 2. The van der Waals surface area contributed by atoms with Gasteiger partial charge in [0.1, 0.15) is 11.8 Å². The first kappa shape index (κ1) is 45.1. The molecule has 0 aliphatic rings. The van der Waals surface area contributed by atoms with Crippen molar-refractivity contribution >= 4 is 33.3 Å². The first-order valence-corrected chi connectivity index (χ1v) is 19.1. The molecule has 2 amide bonds. The quantitative estimate of drug-likeness (QED) is 0.0390. The Kier molecular flexibility index (Phi) is 17.3. The van der Waals surface area contributed by atoms with Crippen molar-refractivity contribution in [3.8, 4) is 5.75 Å². The van der Waals surface area contributed by atoms with Crippen LogP contribution in [0.25, 0.3) is 0 Å². The number of hydroxylamine groups is 1. The molecule has 53 heavy (non-hydrogen) atoms. The van der Waals surface area contributed by atoms with Crippen molar-refractivity contribution in [1.82, 2.24) is 25.7 Å². The summed E-state index contributed by atoms with van der Waals surface area (Å²) in [5.41, 5.74) is 2.66. The Morgan fingerprint density at radius 3 is 1.75 bits per heavy atom. The van der Waals surface area contributed by atoms with Gasteiger partial charge in [-0.15, -0.1) is 0 Å². The molecule has 0 saturated heterocycles. The summed E-state index contributed by atoms with van der Waals surface area (Å²) in [6.07, 6.45) is 2.28. The third-order valence-corrected chi connectivity index (χ3v) is 11.6. The van der Waals surface area contributed by atoms with Gasteiger partial charge >= 0.3 is 0 Å². The Morgan fingerprint density at radius 2 is 1.32 bits per heavy atom. The number of ether oxygens (including phenoxy) is 1. The largest absolute Gasteiger partial charge is 0.497 e. The minimum absolute atomic E-state index is 0.0498. The Bertz CT molecular complexity index is 1610. The van der Waals surface area contributed by atoms with E-state index in [1.54, 1.807) is 57.4 Å². The fourth-order valence-electron chi connectivity index (χ4n) is 5.60. The molecule has 16 heteroatoms. The second-order valence-corrected chi connectivity index (χ2v) is 16.4. The van der Waals surface area contributed by atoms with E-state index in [2.05, 4.69) is 26.3 Å². The molecule has 1 atom stereocenters. The average Bonchev–Trinajstić information content (AvgIpc) is 3.13. The van der Waals surface area contributed by atoms with Gasteiger partial charge in [-0.1, -0.05) is 36.3 Å². The van der Waals surface area contributed by atoms with Gasteiger partial charge in [0.2, 0.25) is 10.0 Å². The highest BCUT2D eigenvalue weighted by Gasteiger charge is 2.38. The molecule has 1 unspecified atom stereocenters. The van der Waals surface area contributed by atoms with Gasteiger partial charge < -0.3 is 31.1 Å². The molecular weight excluding hydrogens is 703 g/mol. The van der Waals surface area contributed by atoms with Crippen molar-refractivity contribution in [2.45, 2.75) is 103 Å². The van der Waals surface area contributed by atoms with E-state index in [1.165, 1.54) is 31.4 Å². The van der Waals surface area contributed by atoms with Crippen LogP contribution in [0, 0.1) is 11.8 Å². The molecule has 0 radical (unpaired) electrons. The van der Waals surface area contributed by atoms with E-state index >= 15 is 0 Å². The summed E-state index contributed by atoms with van der Waals surface area (Å²) < 4.78 is 34.0. The maximum atomic E-state index is 13.9. The lowest BCUT2D eigenvalue weighted by atomic mass is 9.94. The zero-order valence-electron chi connectivity index (χ0n) is 32.4. The second-order valence-electron chi connectivity index (χ2n) is 14.5. The molecule has 2 rings (SSSR count). The number of benzene rings is 2. The standard InChI is InChI=1S/C37H59N7O8S/c1-25(2)33(35(46)43-49)44(53(50,51)32-16-14-31(52-9)15-17-32)24-29-10-12-30(13-11-29)34(45)38-21-18-28(19-22-39-36(5,6)26(3)41-47)20-23-40-37(7,8)27(4)42-48/h10-17,25,28,33,39-40,47-49H,18-24H2,1-9H3,(H,38,45)(H,43,46)/b41-26+,42-27+. The number of methoxy groups -OCH3 is 1. The van der Waals surface area contributed by atoms with Gasteiger partial charge in [-0.25, -0.2) is 13.9 Å². The fraction of sp³-hybridized carbons (Fsp3) is 0.568. The van der Waals surface area contributed by atoms with Crippen LogP contribution in [-0.4, -0.2) is 95.4 Å². The van der Waals surface area contributed by atoms with Gasteiger partial charge in [0.05, 0.1) is 34.5 Å². The lowest BCUT2D eigenvalue weighted by Crippen LogP contribution is -2.51. The Labute approximate surface area is 314 Å². The Hall–Kier alpha value is -4.09. The number of amides is 2. The summed E-state index contributed by atoms with van der Waals surface area (Å²) in [6.45, 7) is 16.2. The van der Waals surface area contributed by atoms with Crippen molar-refractivity contribution < 1.29 is 38.4 Å². The van der Waals surface area contributed by atoms with Crippen LogP contribution in [0.4, 0.5) is 0 Å². The maximum Gasteiger partial charge on any atom is 0.262 e. The number of rotatable bonds is 22. The molecule has 0 fully saturated rings. The highest BCUT2D eigenvalue weighted by Crippen LogP contribution is 2.27. The van der Waals surface area contributed by atoms with Crippen molar-refractivity contribution in [2.75, 3.05) is 26.7 Å². The molecule has 0 bridgehead atoms. The van der Waals surface area contributed by atoms with Gasteiger partial charge in [-0.05, 0) is 128 Å². The summed E-state index contributed by atoms with van der Waals surface area (Å²) in [4.78, 5) is 25.9. The molecular formula is C37H59N7O8S. The van der Waals surface area contributed by atoms with Gasteiger partial charge in [0.15, 0.2) is 0 Å². The van der Waals surface area contributed by atoms with Crippen LogP contribution < -0.4 is 26.2 Å². The summed E-state index contributed by atoms with van der Waals surface area (Å²) >= 11 is 0. The minimum atomic E-state index is -4.23. The molecule has 0 heterocycles. The summed E-state index contributed by atoms with van der Waals surface area (Å²) in [5.74, 6) is -0.972. The smallest absolute Gasteiger partial charge is 0.262 e. The van der Waals surface area contributed by atoms with E-state index in [4.69, 9.17) is 4.74 Å². The van der Waals surface area contributed by atoms with Crippen LogP contribution in [0.5, 0.6) is 5.75 Å². The van der Waals surface area contributed by atoms with Crippen LogP contribution >= 0.6 is 0 Å². The zero-order valence-corrected chi connectivity index (χ0v) is 33.2. The maximum absolute atomic E-state index is 13.9. The van der Waals surface area contributed by atoms with E-state index in [0.717, 1.165) is 17.1 Å². The lowest BCUT2D eigenvalue weighted by molar-refractivity contribution is -0.134. The first-order valence-electron chi connectivity index (χ1n) is 17.7. The number of hydrogen-bond acceptors (Lipinski definition) is 12. The molecule has 0 aromatic heterocycles. The fourth-order valence-corrected chi connectivity index (χ4v) is 7.31. The van der Waals surface area contributed by atoms with Crippen molar-refractivity contribution in [2.24, 2.45) is 22.1 Å². The molecule has 296 valence electrons. The van der Waals surface area contributed by atoms with Gasteiger partial charge in [0, 0.05) is 18.7 Å². The molecule has 2 aromatic rings. The molecule has 0 saturated carbocycles. The van der Waals surface area contributed by atoms with Crippen LogP contribution in [0.3, 0.4) is 0 Å². The molecule has 7 N–H and O–H groups in total. The van der Waals surface area contributed by atoms with E-state index in [1.807, 2.05) is 27.7 Å². The van der Waals surface area contributed by atoms with Crippen molar-refractivity contribution in [1.29, 1.82) is 0 Å². The van der Waals surface area contributed by atoms with Crippen LogP contribution in [0.2, 0.25) is 0 Å². The first-order chi connectivity index (χ1) is 24.8. The topological polar surface area (TPSA) is 214 Å². The van der Waals surface area contributed by atoms with Gasteiger partial charge in [-0.3, -0.25) is 14.8 Å². The van der Waals surface area contributed by atoms with Crippen LogP contribution in [-0.2, 0) is 21.4 Å². The van der Waals surface area contributed by atoms with Gasteiger partial charge in [0.25, 0.3) is 11.8 Å². The number of hydrogen-bond donors (Lipinski definition) is 7. The normalized spacial score (nSPS) is 13.8. The third kappa shape index (κ3) is 13.1. The molecule has 0 aliphatic carbocycles. The Balaban J connectivity index is 2.18. The van der Waals surface area contributed by atoms with E-state index in [-0.39, 0.29) is 23.3 Å². The van der Waals surface area contributed by atoms with Crippen molar-refractivity contribution in [3.63, 3.8) is 0 Å². The molecule has 0 aliphatic heterocycles. The highest BCUT2D eigenvalue weighted by atomic mass is 32.2. The Morgan fingerprint density at radius 1 is 0.830 bits per heavy atom. The minimum Gasteiger partial charge on any atom is -0.497 e. The van der Waals surface area contributed by atoms with Gasteiger partial charge in [-0.2, -0.15) is 4.31 Å². The number of nitrogens with zero attached hydrogens (tertiary/aromatic N) is 3. The monoisotopic (exact) mass is 761 g/mol. The molecule has 2 aromatic carbocycles. The number of carbonyl (C=O) groups excluding carboxylic acids is 2. The number of nitrogens with one attached hydrogen (secondary N) is 4. The zero-order chi connectivity index (χ0) is 40.0. The lowest BCUT2D eigenvalue weighted by Gasteiger charge is -2.32. The number of carbonyl (C=O) groups is 2. The van der Waals surface area contributed by atoms with E-state index in [9.17, 15) is 33.6 Å². The van der Waals surface area contributed by atoms with Crippen LogP contribution in [0.1, 0.15) is 90.6 Å². The molecule has 15 nitrogen and oxygen atoms in total. The van der Waals surface area contributed by atoms with Crippen molar-refractivity contribution in [3.05, 3.63) is 59.7 Å². The second kappa shape index (κ2) is 20.4. The number of sulfonamides is 1. The van der Waals surface area contributed by atoms with Crippen LogP contribution in [0.15, 0.2) is 63.7 Å². The SMILES string of the molecule is COc1ccc(S(=O)(=O)N(Cc2ccc(C(=O)NCCC(CCNC(C)(C)/C(C)=N/O)CCNC(C)(C)/C(C)=N/O)cc2)C(C(=O)NO)C(C)C)cc1. The average molecular weight is 762 g/mol. The summed E-state index contributed by atoms with van der Waals surface area (Å²) in [7, 11) is -2.76. The summed E-state index contributed by atoms with van der Waals surface area (Å²) in [6, 6.07) is 11.1. The van der Waals surface area contributed by atoms with E-state index in [0.29, 0.717) is 54.4 Å². The predicted molar refractivity (Wildman–Crippen MR) is 204 cm³/mol.